The van der Waals surface area contributed by atoms with Crippen molar-refractivity contribution in [3.05, 3.63) is 0 Å². The number of nitrogens with one attached hydrogen (secondary N) is 1. The van der Waals surface area contributed by atoms with E-state index in [2.05, 4.69) is 12.2 Å². The Morgan fingerprint density at radius 1 is 1.31 bits per heavy atom. The zero-order valence-corrected chi connectivity index (χ0v) is 9.92. The molecule has 4 nitrogen and oxygen atoms in total. The van der Waals surface area contributed by atoms with Crippen molar-refractivity contribution < 1.29 is 9.59 Å². The lowest BCUT2D eigenvalue weighted by Gasteiger charge is -2.38. The Morgan fingerprint density at radius 3 is 2.56 bits per heavy atom. The van der Waals surface area contributed by atoms with E-state index in [1.807, 2.05) is 0 Å². The van der Waals surface area contributed by atoms with Crippen LogP contribution in [0.4, 0.5) is 4.79 Å². The average molecular weight is 224 g/mol. The first kappa shape index (κ1) is 11.4. The Labute approximate surface area is 96.4 Å². The highest BCUT2D eigenvalue weighted by molar-refractivity contribution is 5.98. The monoisotopic (exact) mass is 224 g/mol. The molecule has 90 valence electrons. The van der Waals surface area contributed by atoms with Gasteiger partial charge in [-0.2, -0.15) is 0 Å². The summed E-state index contributed by atoms with van der Waals surface area (Å²) >= 11 is 0. The molecule has 0 aromatic heterocycles. The summed E-state index contributed by atoms with van der Waals surface area (Å²) in [5.74, 6) is 0.0131. The maximum atomic E-state index is 11.9. The summed E-state index contributed by atoms with van der Waals surface area (Å²) in [5.41, 5.74) is -0.198. The van der Waals surface area contributed by atoms with E-state index >= 15 is 0 Å². The van der Waals surface area contributed by atoms with Crippen LogP contribution in [0.2, 0.25) is 0 Å². The minimum absolute atomic E-state index is 0.0131. The van der Waals surface area contributed by atoms with Crippen molar-refractivity contribution in [1.82, 2.24) is 10.2 Å². The first-order valence-electron chi connectivity index (χ1n) is 6.29. The van der Waals surface area contributed by atoms with Gasteiger partial charge < -0.3 is 5.32 Å². The van der Waals surface area contributed by atoms with Gasteiger partial charge in [-0.25, -0.2) is 4.79 Å². The van der Waals surface area contributed by atoms with Crippen LogP contribution in [0, 0.1) is 0 Å². The van der Waals surface area contributed by atoms with Crippen molar-refractivity contribution >= 4 is 11.9 Å². The number of amides is 3. The third kappa shape index (κ3) is 2.06. The molecule has 1 saturated carbocycles. The second-order valence-corrected chi connectivity index (χ2v) is 4.99. The number of hydrogen-bond donors (Lipinski definition) is 1. The van der Waals surface area contributed by atoms with Crippen LogP contribution in [0.3, 0.4) is 0 Å². The van der Waals surface area contributed by atoms with Gasteiger partial charge in [0.2, 0.25) is 5.91 Å². The molecule has 0 atom stereocenters. The van der Waals surface area contributed by atoms with Crippen LogP contribution in [-0.4, -0.2) is 28.9 Å². The molecule has 0 aromatic rings. The highest BCUT2D eigenvalue weighted by Crippen LogP contribution is 2.35. The molecule has 1 heterocycles. The van der Waals surface area contributed by atoms with Crippen molar-refractivity contribution in [2.75, 3.05) is 6.54 Å². The number of imide groups is 1. The standard InChI is InChI=1S/C12H20N2O2/c1-2-3-8-14-10(15)9-12(13-11(14)16)6-4-5-7-12/h2-9H2,1H3,(H,13,16). The van der Waals surface area contributed by atoms with E-state index in [4.69, 9.17) is 0 Å². The van der Waals surface area contributed by atoms with Crippen LogP contribution in [0.15, 0.2) is 0 Å². The van der Waals surface area contributed by atoms with Gasteiger partial charge in [-0.1, -0.05) is 26.2 Å². The summed E-state index contributed by atoms with van der Waals surface area (Å²) < 4.78 is 0. The SMILES string of the molecule is CCCCN1C(=O)CC2(CCCC2)NC1=O. The van der Waals surface area contributed by atoms with Crippen LogP contribution in [0.1, 0.15) is 51.9 Å². The van der Waals surface area contributed by atoms with Gasteiger partial charge in [-0.3, -0.25) is 9.69 Å². The molecule has 1 aliphatic heterocycles. The van der Waals surface area contributed by atoms with Gasteiger partial charge >= 0.3 is 6.03 Å². The molecule has 1 spiro atoms. The predicted molar refractivity (Wildman–Crippen MR) is 61.0 cm³/mol. The summed E-state index contributed by atoms with van der Waals surface area (Å²) in [6.45, 7) is 2.63. The predicted octanol–water partition coefficient (Wildman–Crippen LogP) is 2.04. The number of rotatable bonds is 3. The van der Waals surface area contributed by atoms with Gasteiger partial charge in [0.25, 0.3) is 0 Å². The van der Waals surface area contributed by atoms with E-state index in [9.17, 15) is 9.59 Å². The maximum absolute atomic E-state index is 11.9. The molecule has 0 aromatic carbocycles. The topological polar surface area (TPSA) is 49.4 Å². The smallest absolute Gasteiger partial charge is 0.324 e. The fraction of sp³-hybridized carbons (Fsp3) is 0.833. The van der Waals surface area contributed by atoms with Crippen LogP contribution in [0.5, 0.6) is 0 Å². The summed E-state index contributed by atoms with van der Waals surface area (Å²) in [6.07, 6.45) is 6.58. The Morgan fingerprint density at radius 2 is 2.00 bits per heavy atom. The number of urea groups is 1. The third-order valence-corrected chi connectivity index (χ3v) is 3.70. The van der Waals surface area contributed by atoms with E-state index in [1.54, 1.807) is 0 Å². The number of carbonyl (C=O) groups is 2. The van der Waals surface area contributed by atoms with E-state index in [0.717, 1.165) is 38.5 Å². The molecule has 0 bridgehead atoms. The highest BCUT2D eigenvalue weighted by Gasteiger charge is 2.44. The zero-order chi connectivity index (χ0) is 11.6. The summed E-state index contributed by atoms with van der Waals surface area (Å²) in [6, 6.07) is -0.174. The second-order valence-electron chi connectivity index (χ2n) is 4.99. The Bertz CT molecular complexity index is 275. The molecule has 3 amide bonds. The fourth-order valence-corrected chi connectivity index (χ4v) is 2.73. The summed E-state index contributed by atoms with van der Waals surface area (Å²) in [4.78, 5) is 25.2. The lowest BCUT2D eigenvalue weighted by Crippen LogP contribution is -2.61. The molecule has 2 rings (SSSR count). The van der Waals surface area contributed by atoms with Crippen molar-refractivity contribution in [2.45, 2.75) is 57.4 Å². The number of carbonyl (C=O) groups excluding carboxylic acids is 2. The third-order valence-electron chi connectivity index (χ3n) is 3.70. The van der Waals surface area contributed by atoms with Gasteiger partial charge in [0.15, 0.2) is 0 Å². The van der Waals surface area contributed by atoms with Crippen LogP contribution in [0.25, 0.3) is 0 Å². The van der Waals surface area contributed by atoms with Crippen molar-refractivity contribution in [2.24, 2.45) is 0 Å². The zero-order valence-electron chi connectivity index (χ0n) is 9.92. The maximum Gasteiger partial charge on any atom is 0.324 e. The molecular formula is C12H20N2O2. The fourth-order valence-electron chi connectivity index (χ4n) is 2.73. The second kappa shape index (κ2) is 4.44. The first-order valence-corrected chi connectivity index (χ1v) is 6.29. The van der Waals surface area contributed by atoms with Gasteiger partial charge in [0, 0.05) is 6.54 Å². The minimum Gasteiger partial charge on any atom is -0.332 e. The molecule has 2 fully saturated rings. The average Bonchev–Trinajstić information content (AvgIpc) is 2.65. The molecule has 4 heteroatoms. The van der Waals surface area contributed by atoms with E-state index in [1.165, 1.54) is 4.90 Å². The number of unbranched alkanes of at least 4 members (excludes halogenated alkanes) is 1. The normalized spacial score (nSPS) is 23.9. The van der Waals surface area contributed by atoms with Crippen molar-refractivity contribution in [1.29, 1.82) is 0 Å². The Kier molecular flexibility index (Phi) is 3.17. The molecular weight excluding hydrogens is 204 g/mol. The molecule has 16 heavy (non-hydrogen) atoms. The summed E-state index contributed by atoms with van der Waals surface area (Å²) in [7, 11) is 0. The van der Waals surface area contributed by atoms with Gasteiger partial charge in [0.1, 0.15) is 0 Å². The van der Waals surface area contributed by atoms with Crippen LogP contribution >= 0.6 is 0 Å². The lowest BCUT2D eigenvalue weighted by molar-refractivity contribution is -0.131. The first-order chi connectivity index (χ1) is 7.67. The van der Waals surface area contributed by atoms with Crippen LogP contribution < -0.4 is 5.32 Å². The van der Waals surface area contributed by atoms with Gasteiger partial charge in [-0.05, 0) is 19.3 Å². The van der Waals surface area contributed by atoms with E-state index in [-0.39, 0.29) is 17.5 Å². The largest absolute Gasteiger partial charge is 0.332 e. The van der Waals surface area contributed by atoms with Crippen molar-refractivity contribution in [3.63, 3.8) is 0 Å². The molecule has 0 unspecified atom stereocenters. The minimum atomic E-state index is -0.198. The Hall–Kier alpha value is -1.06. The quantitative estimate of drug-likeness (QED) is 0.797. The van der Waals surface area contributed by atoms with Gasteiger partial charge in [0.05, 0.1) is 12.0 Å². The van der Waals surface area contributed by atoms with Crippen molar-refractivity contribution in [3.8, 4) is 0 Å². The number of nitrogens with zero attached hydrogens (tertiary/aromatic N) is 1. The van der Waals surface area contributed by atoms with E-state index in [0.29, 0.717) is 13.0 Å². The van der Waals surface area contributed by atoms with E-state index < -0.39 is 0 Å². The lowest BCUT2D eigenvalue weighted by atomic mass is 9.91. The molecule has 0 radical (unpaired) electrons. The summed E-state index contributed by atoms with van der Waals surface area (Å²) in [5, 5.41) is 3.05. The Balaban J connectivity index is 2.01. The van der Waals surface area contributed by atoms with Crippen LogP contribution in [-0.2, 0) is 4.79 Å². The van der Waals surface area contributed by atoms with Gasteiger partial charge in [-0.15, -0.1) is 0 Å². The number of hydrogen-bond acceptors (Lipinski definition) is 2. The molecule has 1 saturated heterocycles. The molecule has 2 aliphatic rings. The highest BCUT2D eigenvalue weighted by atomic mass is 16.2. The molecule has 1 N–H and O–H groups in total. The molecule has 1 aliphatic carbocycles.